The molecule has 0 aliphatic carbocycles. The number of rotatable bonds is 6. The van der Waals surface area contributed by atoms with Crippen molar-refractivity contribution in [2.24, 2.45) is 0 Å². The van der Waals surface area contributed by atoms with E-state index in [1.54, 1.807) is 0 Å². The zero-order chi connectivity index (χ0) is 12.8. The molecule has 18 heavy (non-hydrogen) atoms. The van der Waals surface area contributed by atoms with Gasteiger partial charge in [0.1, 0.15) is 5.82 Å². The Morgan fingerprint density at radius 1 is 1.22 bits per heavy atom. The van der Waals surface area contributed by atoms with Gasteiger partial charge < -0.3 is 9.88 Å². The maximum atomic E-state index is 4.42. The van der Waals surface area contributed by atoms with Crippen LogP contribution in [0.25, 0.3) is 0 Å². The molecule has 0 aliphatic rings. The summed E-state index contributed by atoms with van der Waals surface area (Å²) in [5.74, 6) is 1.14. The number of nitrogens with zero attached hydrogens (tertiary/aromatic N) is 2. The van der Waals surface area contributed by atoms with Crippen molar-refractivity contribution in [2.75, 3.05) is 6.54 Å². The van der Waals surface area contributed by atoms with Crippen LogP contribution in [0.3, 0.4) is 0 Å². The molecule has 3 nitrogen and oxygen atoms in total. The number of hydrogen-bond acceptors (Lipinski definition) is 2. The molecule has 0 saturated heterocycles. The molecule has 0 unspecified atom stereocenters. The molecule has 0 atom stereocenters. The van der Waals surface area contributed by atoms with Crippen LogP contribution in [0, 0.1) is 0 Å². The maximum Gasteiger partial charge on any atom is 0.113 e. The van der Waals surface area contributed by atoms with Gasteiger partial charge in [-0.2, -0.15) is 0 Å². The molecule has 2 rings (SSSR count). The third-order valence-corrected chi connectivity index (χ3v) is 3.08. The Balaban J connectivity index is 2.09. The summed E-state index contributed by atoms with van der Waals surface area (Å²) in [5.41, 5.74) is 2.66. The summed E-state index contributed by atoms with van der Waals surface area (Å²) in [6.45, 7) is 7.19. The van der Waals surface area contributed by atoms with E-state index in [1.807, 2.05) is 12.4 Å². The first kappa shape index (κ1) is 12.8. The van der Waals surface area contributed by atoms with Crippen molar-refractivity contribution in [1.82, 2.24) is 14.9 Å². The predicted molar refractivity (Wildman–Crippen MR) is 74.5 cm³/mol. The number of nitrogens with one attached hydrogen (secondary N) is 1. The lowest BCUT2D eigenvalue weighted by Crippen LogP contribution is -2.11. The molecule has 0 amide bonds. The van der Waals surface area contributed by atoms with E-state index in [4.69, 9.17) is 0 Å². The Kier molecular flexibility index (Phi) is 4.53. The Morgan fingerprint density at radius 2 is 2.06 bits per heavy atom. The SMILES string of the molecule is CCNCc1cccc(Cc2nccn2CC)c1. The van der Waals surface area contributed by atoms with Gasteiger partial charge in [-0.3, -0.25) is 0 Å². The molecular formula is C15H21N3. The van der Waals surface area contributed by atoms with Crippen molar-refractivity contribution in [3.05, 3.63) is 53.6 Å². The molecule has 0 radical (unpaired) electrons. The molecule has 3 heteroatoms. The Labute approximate surface area is 109 Å². The van der Waals surface area contributed by atoms with Gasteiger partial charge in [0.05, 0.1) is 0 Å². The third-order valence-electron chi connectivity index (χ3n) is 3.08. The van der Waals surface area contributed by atoms with Crippen LogP contribution in [0.4, 0.5) is 0 Å². The minimum atomic E-state index is 0.904. The lowest BCUT2D eigenvalue weighted by molar-refractivity contribution is 0.709. The standard InChI is InChI=1S/C15H21N3/c1-3-16-12-14-7-5-6-13(10-14)11-15-17-8-9-18(15)4-2/h5-10,16H,3-4,11-12H2,1-2H3. The minimum absolute atomic E-state index is 0.904. The summed E-state index contributed by atoms with van der Waals surface area (Å²) >= 11 is 0. The van der Waals surface area contributed by atoms with Gasteiger partial charge in [0.15, 0.2) is 0 Å². The van der Waals surface area contributed by atoms with Crippen LogP contribution >= 0.6 is 0 Å². The van der Waals surface area contributed by atoms with Crippen LogP contribution < -0.4 is 5.32 Å². The van der Waals surface area contributed by atoms with E-state index in [1.165, 1.54) is 11.1 Å². The molecule has 0 spiro atoms. The number of benzene rings is 1. The lowest BCUT2D eigenvalue weighted by Gasteiger charge is -2.07. The third kappa shape index (κ3) is 3.20. The van der Waals surface area contributed by atoms with Crippen molar-refractivity contribution < 1.29 is 0 Å². The van der Waals surface area contributed by atoms with Gasteiger partial charge in [-0.1, -0.05) is 31.2 Å². The highest BCUT2D eigenvalue weighted by molar-refractivity contribution is 5.26. The summed E-state index contributed by atoms with van der Waals surface area (Å²) in [4.78, 5) is 4.42. The van der Waals surface area contributed by atoms with Crippen molar-refractivity contribution in [3.8, 4) is 0 Å². The van der Waals surface area contributed by atoms with E-state index in [2.05, 4.69) is 53.0 Å². The summed E-state index contributed by atoms with van der Waals surface area (Å²) < 4.78 is 2.19. The second kappa shape index (κ2) is 6.36. The molecule has 0 fully saturated rings. The van der Waals surface area contributed by atoms with Gasteiger partial charge in [0.2, 0.25) is 0 Å². The fourth-order valence-electron chi connectivity index (χ4n) is 2.10. The van der Waals surface area contributed by atoms with Crippen LogP contribution in [-0.4, -0.2) is 16.1 Å². The first-order valence-electron chi connectivity index (χ1n) is 6.62. The highest BCUT2D eigenvalue weighted by atomic mass is 15.0. The van der Waals surface area contributed by atoms with Crippen LogP contribution in [-0.2, 0) is 19.5 Å². The zero-order valence-corrected chi connectivity index (χ0v) is 11.2. The summed E-state index contributed by atoms with van der Waals surface area (Å²) in [6, 6.07) is 8.72. The van der Waals surface area contributed by atoms with E-state index in [9.17, 15) is 0 Å². The van der Waals surface area contributed by atoms with E-state index >= 15 is 0 Å². The quantitative estimate of drug-likeness (QED) is 0.845. The average Bonchev–Trinajstić information content (AvgIpc) is 2.84. The molecule has 0 saturated carbocycles. The molecule has 1 N–H and O–H groups in total. The number of hydrogen-bond donors (Lipinski definition) is 1. The molecular weight excluding hydrogens is 222 g/mol. The second-order valence-electron chi connectivity index (χ2n) is 4.41. The van der Waals surface area contributed by atoms with Gasteiger partial charge in [-0.15, -0.1) is 0 Å². The highest BCUT2D eigenvalue weighted by Gasteiger charge is 2.03. The fraction of sp³-hybridized carbons (Fsp3) is 0.400. The fourth-order valence-corrected chi connectivity index (χ4v) is 2.10. The first-order chi connectivity index (χ1) is 8.83. The largest absolute Gasteiger partial charge is 0.335 e. The van der Waals surface area contributed by atoms with Crippen molar-refractivity contribution in [2.45, 2.75) is 33.4 Å². The Morgan fingerprint density at radius 3 is 2.83 bits per heavy atom. The van der Waals surface area contributed by atoms with Crippen LogP contribution in [0.5, 0.6) is 0 Å². The molecule has 96 valence electrons. The van der Waals surface area contributed by atoms with Crippen molar-refractivity contribution in [3.63, 3.8) is 0 Å². The van der Waals surface area contributed by atoms with Gasteiger partial charge in [0, 0.05) is 31.9 Å². The monoisotopic (exact) mass is 243 g/mol. The van der Waals surface area contributed by atoms with E-state index < -0.39 is 0 Å². The first-order valence-corrected chi connectivity index (χ1v) is 6.62. The van der Waals surface area contributed by atoms with Crippen molar-refractivity contribution in [1.29, 1.82) is 0 Å². The molecule has 2 aromatic rings. The van der Waals surface area contributed by atoms with Crippen LogP contribution in [0.15, 0.2) is 36.7 Å². The predicted octanol–water partition coefficient (Wildman–Crippen LogP) is 2.60. The van der Waals surface area contributed by atoms with Crippen molar-refractivity contribution >= 4 is 0 Å². The number of aryl methyl sites for hydroxylation is 1. The van der Waals surface area contributed by atoms with E-state index in [0.29, 0.717) is 0 Å². The Hall–Kier alpha value is -1.61. The lowest BCUT2D eigenvalue weighted by atomic mass is 10.1. The number of imidazole rings is 1. The summed E-state index contributed by atoms with van der Waals surface area (Å²) in [6.07, 6.45) is 4.82. The molecule has 0 aliphatic heterocycles. The number of aromatic nitrogens is 2. The normalized spacial score (nSPS) is 10.8. The van der Waals surface area contributed by atoms with E-state index in [0.717, 1.165) is 31.9 Å². The molecule has 1 aromatic carbocycles. The Bertz CT molecular complexity index is 488. The second-order valence-corrected chi connectivity index (χ2v) is 4.41. The van der Waals surface area contributed by atoms with Gasteiger partial charge >= 0.3 is 0 Å². The summed E-state index contributed by atoms with van der Waals surface area (Å²) in [7, 11) is 0. The zero-order valence-electron chi connectivity index (χ0n) is 11.2. The molecule has 1 heterocycles. The highest BCUT2D eigenvalue weighted by Crippen LogP contribution is 2.10. The summed E-state index contributed by atoms with van der Waals surface area (Å²) in [5, 5.41) is 3.35. The molecule has 1 aromatic heterocycles. The van der Waals surface area contributed by atoms with Gasteiger partial charge in [-0.25, -0.2) is 4.98 Å². The topological polar surface area (TPSA) is 29.9 Å². The van der Waals surface area contributed by atoms with Crippen LogP contribution in [0.1, 0.15) is 30.8 Å². The van der Waals surface area contributed by atoms with Gasteiger partial charge in [0.25, 0.3) is 0 Å². The smallest absolute Gasteiger partial charge is 0.113 e. The van der Waals surface area contributed by atoms with Gasteiger partial charge in [-0.05, 0) is 24.6 Å². The minimum Gasteiger partial charge on any atom is -0.335 e. The van der Waals surface area contributed by atoms with E-state index in [-0.39, 0.29) is 0 Å². The average molecular weight is 243 g/mol. The maximum absolute atomic E-state index is 4.42. The molecule has 0 bridgehead atoms. The van der Waals surface area contributed by atoms with Crippen LogP contribution in [0.2, 0.25) is 0 Å².